The molecule has 162 valence electrons. The van der Waals surface area contributed by atoms with Gasteiger partial charge < -0.3 is 10.1 Å². The van der Waals surface area contributed by atoms with Crippen molar-refractivity contribution < 1.29 is 14.3 Å². The highest BCUT2D eigenvalue weighted by molar-refractivity contribution is 6.46. The van der Waals surface area contributed by atoms with Crippen LogP contribution in [0.15, 0.2) is 66.4 Å². The van der Waals surface area contributed by atoms with Gasteiger partial charge in [0.25, 0.3) is 11.8 Å². The van der Waals surface area contributed by atoms with E-state index in [1.54, 1.807) is 19.2 Å². The van der Waals surface area contributed by atoms with Crippen LogP contribution in [-0.4, -0.2) is 18.9 Å². The Labute approximate surface area is 188 Å². The molecule has 4 rings (SSSR count). The van der Waals surface area contributed by atoms with Gasteiger partial charge in [0.15, 0.2) is 0 Å². The van der Waals surface area contributed by atoms with E-state index < -0.39 is 0 Å². The minimum absolute atomic E-state index is 0.244. The Bertz CT molecular complexity index is 1270. The zero-order chi connectivity index (χ0) is 23.0. The van der Waals surface area contributed by atoms with Crippen LogP contribution in [-0.2, 0) is 9.59 Å². The maximum atomic E-state index is 13.7. The summed E-state index contributed by atoms with van der Waals surface area (Å²) in [5, 5.41) is 3.27. The van der Waals surface area contributed by atoms with E-state index in [1.165, 1.54) is 4.90 Å². The van der Waals surface area contributed by atoms with Crippen LogP contribution in [0.3, 0.4) is 0 Å². The van der Waals surface area contributed by atoms with Crippen molar-refractivity contribution in [3.8, 4) is 5.75 Å². The summed E-state index contributed by atoms with van der Waals surface area (Å²) in [6.07, 6.45) is 0. The van der Waals surface area contributed by atoms with Gasteiger partial charge in [0.2, 0.25) is 0 Å². The van der Waals surface area contributed by atoms with Gasteiger partial charge >= 0.3 is 0 Å². The van der Waals surface area contributed by atoms with Gasteiger partial charge in [-0.25, -0.2) is 4.90 Å². The smallest absolute Gasteiger partial charge is 0.282 e. The number of anilines is 2. The molecule has 0 unspecified atom stereocenters. The van der Waals surface area contributed by atoms with Crippen molar-refractivity contribution in [1.29, 1.82) is 0 Å². The Kier molecular flexibility index (Phi) is 5.57. The molecule has 0 aromatic heterocycles. The summed E-state index contributed by atoms with van der Waals surface area (Å²) < 4.78 is 5.52. The second-order valence-electron chi connectivity index (χ2n) is 8.06. The highest BCUT2D eigenvalue weighted by Crippen LogP contribution is 2.38. The number of hydrogen-bond donors (Lipinski definition) is 1. The maximum absolute atomic E-state index is 13.7. The summed E-state index contributed by atoms with van der Waals surface area (Å²) in [5.41, 5.74) is 6.53. The van der Waals surface area contributed by atoms with E-state index >= 15 is 0 Å². The Morgan fingerprint density at radius 2 is 1.56 bits per heavy atom. The van der Waals surface area contributed by atoms with Gasteiger partial charge in [-0.2, -0.15) is 0 Å². The molecule has 0 spiro atoms. The predicted octanol–water partition coefficient (Wildman–Crippen LogP) is 5.33. The predicted molar refractivity (Wildman–Crippen MR) is 128 cm³/mol. The fraction of sp³-hybridized carbons (Fsp3) is 0.185. The topological polar surface area (TPSA) is 58.6 Å². The number of nitrogens with zero attached hydrogens (tertiary/aromatic N) is 1. The van der Waals surface area contributed by atoms with Gasteiger partial charge in [0.05, 0.1) is 18.4 Å². The number of aryl methyl sites for hydroxylation is 3. The van der Waals surface area contributed by atoms with Crippen LogP contribution in [0.1, 0.15) is 27.8 Å². The van der Waals surface area contributed by atoms with Gasteiger partial charge in [-0.1, -0.05) is 48.0 Å². The van der Waals surface area contributed by atoms with Gasteiger partial charge in [0.1, 0.15) is 11.4 Å². The van der Waals surface area contributed by atoms with Gasteiger partial charge in [0, 0.05) is 11.3 Å². The molecular weight excluding hydrogens is 400 g/mol. The molecule has 0 radical (unpaired) electrons. The third-order valence-corrected chi connectivity index (χ3v) is 5.92. The lowest BCUT2D eigenvalue weighted by Gasteiger charge is -2.18. The Morgan fingerprint density at radius 1 is 0.812 bits per heavy atom. The molecule has 32 heavy (non-hydrogen) atoms. The molecule has 1 aliphatic rings. The minimum atomic E-state index is -0.385. The van der Waals surface area contributed by atoms with Crippen LogP contribution in [0.4, 0.5) is 11.4 Å². The SMILES string of the molecule is COc1ccccc1C1=C(Nc2cccc(C)c2C)C(=O)N(c2ccc(C)cc2C)C1=O. The lowest BCUT2D eigenvalue weighted by molar-refractivity contribution is -0.120. The second-order valence-corrected chi connectivity index (χ2v) is 8.06. The first-order valence-electron chi connectivity index (χ1n) is 10.5. The number of methoxy groups -OCH3 is 1. The summed E-state index contributed by atoms with van der Waals surface area (Å²) >= 11 is 0. The van der Waals surface area contributed by atoms with Crippen LogP contribution < -0.4 is 15.0 Å². The van der Waals surface area contributed by atoms with Crippen LogP contribution in [0.2, 0.25) is 0 Å². The third kappa shape index (κ3) is 3.56. The van der Waals surface area contributed by atoms with E-state index in [9.17, 15) is 9.59 Å². The zero-order valence-corrected chi connectivity index (χ0v) is 18.9. The number of hydrogen-bond acceptors (Lipinski definition) is 4. The average Bonchev–Trinajstić information content (AvgIpc) is 3.01. The lowest BCUT2D eigenvalue weighted by atomic mass is 10.0. The number of nitrogens with one attached hydrogen (secondary N) is 1. The molecule has 0 fully saturated rings. The van der Waals surface area contributed by atoms with Crippen molar-refractivity contribution in [1.82, 2.24) is 0 Å². The van der Waals surface area contributed by atoms with Gasteiger partial charge in [-0.15, -0.1) is 0 Å². The molecule has 0 aliphatic carbocycles. The number of rotatable bonds is 5. The lowest BCUT2D eigenvalue weighted by Crippen LogP contribution is -2.33. The molecular formula is C27H26N2O3. The summed E-state index contributed by atoms with van der Waals surface area (Å²) in [6, 6.07) is 18.8. The van der Waals surface area contributed by atoms with E-state index in [-0.39, 0.29) is 17.5 Å². The fourth-order valence-electron chi connectivity index (χ4n) is 4.04. The van der Waals surface area contributed by atoms with Crippen molar-refractivity contribution in [3.63, 3.8) is 0 Å². The number of imide groups is 1. The highest BCUT2D eigenvalue weighted by atomic mass is 16.5. The van der Waals surface area contributed by atoms with Crippen molar-refractivity contribution in [3.05, 3.63) is 94.2 Å². The molecule has 5 nitrogen and oxygen atoms in total. The molecule has 1 N–H and O–H groups in total. The second kappa shape index (κ2) is 8.35. The summed E-state index contributed by atoms with van der Waals surface area (Å²) in [6.45, 7) is 7.89. The molecule has 0 bridgehead atoms. The number of para-hydroxylation sites is 1. The van der Waals surface area contributed by atoms with Crippen molar-refractivity contribution in [2.24, 2.45) is 0 Å². The highest BCUT2D eigenvalue weighted by Gasteiger charge is 2.41. The molecule has 1 heterocycles. The van der Waals surface area contributed by atoms with E-state index in [0.717, 1.165) is 27.9 Å². The Balaban J connectivity index is 1.91. The van der Waals surface area contributed by atoms with Crippen LogP contribution in [0, 0.1) is 27.7 Å². The van der Waals surface area contributed by atoms with E-state index in [4.69, 9.17) is 4.74 Å². The van der Waals surface area contributed by atoms with Crippen LogP contribution >= 0.6 is 0 Å². The fourth-order valence-corrected chi connectivity index (χ4v) is 4.04. The maximum Gasteiger partial charge on any atom is 0.282 e. The first-order valence-corrected chi connectivity index (χ1v) is 10.5. The molecule has 2 amide bonds. The molecule has 5 heteroatoms. The largest absolute Gasteiger partial charge is 0.496 e. The van der Waals surface area contributed by atoms with Gasteiger partial charge in [-0.05, 0) is 62.6 Å². The number of carbonyl (C=O) groups excluding carboxylic acids is 2. The van der Waals surface area contributed by atoms with Crippen molar-refractivity contribution in [2.75, 3.05) is 17.3 Å². The quantitative estimate of drug-likeness (QED) is 0.561. The third-order valence-electron chi connectivity index (χ3n) is 5.92. The first-order chi connectivity index (χ1) is 15.3. The first kappa shape index (κ1) is 21.4. The number of amides is 2. The van der Waals surface area contributed by atoms with Crippen molar-refractivity contribution in [2.45, 2.75) is 27.7 Å². The van der Waals surface area contributed by atoms with Crippen LogP contribution in [0.5, 0.6) is 5.75 Å². The molecule has 0 saturated heterocycles. The van der Waals surface area contributed by atoms with Gasteiger partial charge in [-0.3, -0.25) is 9.59 Å². The monoisotopic (exact) mass is 426 g/mol. The Hall–Kier alpha value is -3.86. The summed E-state index contributed by atoms with van der Waals surface area (Å²) in [5.74, 6) is -0.227. The standard InChI is InChI=1S/C27H26N2O3/c1-16-13-14-22(18(3)15-16)29-26(30)24(20-10-6-7-12-23(20)32-5)25(27(29)31)28-21-11-8-9-17(2)19(21)4/h6-15,28H,1-5H3. The van der Waals surface area contributed by atoms with E-state index in [0.29, 0.717) is 22.6 Å². The number of benzene rings is 3. The van der Waals surface area contributed by atoms with E-state index in [2.05, 4.69) is 5.32 Å². The minimum Gasteiger partial charge on any atom is -0.496 e. The zero-order valence-electron chi connectivity index (χ0n) is 18.9. The average molecular weight is 427 g/mol. The van der Waals surface area contributed by atoms with Crippen LogP contribution in [0.25, 0.3) is 5.57 Å². The summed E-state index contributed by atoms with van der Waals surface area (Å²) in [4.78, 5) is 28.7. The molecule has 0 saturated carbocycles. The normalized spacial score (nSPS) is 13.7. The molecule has 0 atom stereocenters. The van der Waals surface area contributed by atoms with E-state index in [1.807, 2.05) is 76.2 Å². The summed E-state index contributed by atoms with van der Waals surface area (Å²) in [7, 11) is 1.56. The number of carbonyl (C=O) groups is 2. The molecule has 3 aromatic carbocycles. The van der Waals surface area contributed by atoms with Crippen molar-refractivity contribution >= 4 is 28.8 Å². The molecule has 1 aliphatic heterocycles. The Morgan fingerprint density at radius 3 is 2.28 bits per heavy atom. The molecule has 3 aromatic rings. The number of ether oxygens (including phenoxy) is 1.